The van der Waals surface area contributed by atoms with Gasteiger partial charge in [0.15, 0.2) is 0 Å². The van der Waals surface area contributed by atoms with E-state index in [0.717, 1.165) is 15.6 Å². The van der Waals surface area contributed by atoms with Gasteiger partial charge in [-0.1, -0.05) is 0 Å². The molecule has 10 heteroatoms. The molecule has 3 aromatic carbocycles. The summed E-state index contributed by atoms with van der Waals surface area (Å²) in [5.74, 6) is 0. The molecular formula is C40H53N3O6Se. The van der Waals surface area contributed by atoms with Crippen LogP contribution in [0.5, 0.6) is 0 Å². The van der Waals surface area contributed by atoms with Gasteiger partial charge in [0.1, 0.15) is 0 Å². The van der Waals surface area contributed by atoms with E-state index in [4.69, 9.17) is 18.9 Å². The molecule has 2 saturated heterocycles. The first-order valence-electron chi connectivity index (χ1n) is 17.4. The first-order chi connectivity index (χ1) is 23.6. The van der Waals surface area contributed by atoms with Crippen molar-refractivity contribution in [3.8, 4) is 0 Å². The van der Waals surface area contributed by atoms with Crippen LogP contribution in [0.1, 0.15) is 72.9 Å². The van der Waals surface area contributed by atoms with Crippen LogP contribution in [0.15, 0.2) is 91.0 Å². The van der Waals surface area contributed by atoms with Crippen molar-refractivity contribution in [3.63, 3.8) is 0 Å². The van der Waals surface area contributed by atoms with E-state index in [1.165, 1.54) is 0 Å². The number of carbonyl (C=O) groups is 2. The van der Waals surface area contributed by atoms with E-state index < -0.39 is 39.7 Å². The minimum absolute atomic E-state index is 0.134. The number of hydrogen-bond donors (Lipinski definition) is 0. The van der Waals surface area contributed by atoms with Crippen molar-refractivity contribution < 1.29 is 28.5 Å². The number of nitrogens with zero attached hydrogens (tertiary/aromatic N) is 3. The summed E-state index contributed by atoms with van der Waals surface area (Å²) in [5.41, 5.74) is -0.426. The maximum absolute atomic E-state index is 14.3. The van der Waals surface area contributed by atoms with Gasteiger partial charge in [-0.05, 0) is 0 Å². The third-order valence-electron chi connectivity index (χ3n) is 9.30. The summed E-state index contributed by atoms with van der Waals surface area (Å²) in [7, 11) is 0. The van der Waals surface area contributed by atoms with Crippen LogP contribution in [0, 0.1) is 0 Å². The average Bonchev–Trinajstić information content (AvgIpc) is 3.43. The van der Waals surface area contributed by atoms with Gasteiger partial charge < -0.3 is 0 Å². The zero-order chi connectivity index (χ0) is 36.2. The molecule has 2 aliphatic heterocycles. The Balaban J connectivity index is 1.51. The van der Waals surface area contributed by atoms with E-state index in [1.54, 1.807) is 9.80 Å². The monoisotopic (exact) mass is 751 g/mol. The third-order valence-corrected chi connectivity index (χ3v) is 11.8. The van der Waals surface area contributed by atoms with Crippen LogP contribution < -0.4 is 4.46 Å². The molecule has 0 radical (unpaired) electrons. The van der Waals surface area contributed by atoms with Crippen molar-refractivity contribution in [2.45, 2.75) is 108 Å². The zero-order valence-corrected chi connectivity index (χ0v) is 32.5. The number of rotatable bonds is 12. The van der Waals surface area contributed by atoms with E-state index in [-0.39, 0.29) is 27.6 Å². The van der Waals surface area contributed by atoms with Gasteiger partial charge >= 0.3 is 305 Å². The molecule has 0 aliphatic carbocycles. The number of benzene rings is 3. The van der Waals surface area contributed by atoms with E-state index in [2.05, 4.69) is 41.3 Å². The molecule has 2 fully saturated rings. The normalized spacial score (nSPS) is 20.0. The molecule has 2 aliphatic rings. The summed E-state index contributed by atoms with van der Waals surface area (Å²) in [5, 5.41) is -0.529. The van der Waals surface area contributed by atoms with Gasteiger partial charge in [0.2, 0.25) is 0 Å². The van der Waals surface area contributed by atoms with Gasteiger partial charge in [0, 0.05) is 0 Å². The molecule has 2 heterocycles. The molecule has 0 N–H and O–H groups in total. The molecule has 5 rings (SSSR count). The Morgan fingerprint density at radius 2 is 1.14 bits per heavy atom. The number of amides is 2. The molecule has 270 valence electrons. The molecule has 0 spiro atoms. The molecule has 9 nitrogen and oxygen atoms in total. The van der Waals surface area contributed by atoms with Crippen molar-refractivity contribution in [1.82, 2.24) is 14.7 Å². The molecule has 3 aromatic rings. The van der Waals surface area contributed by atoms with Crippen molar-refractivity contribution in [2.24, 2.45) is 0 Å². The first-order valence-corrected chi connectivity index (χ1v) is 19.2. The third kappa shape index (κ3) is 9.09. The molecule has 2 amide bonds. The Hall–Kier alpha value is -3.40. The molecule has 0 saturated carbocycles. The molecular weight excluding hydrogens is 697 g/mol. The van der Waals surface area contributed by atoms with E-state index in [9.17, 15) is 9.59 Å². The Kier molecular flexibility index (Phi) is 11.7. The molecule has 0 aromatic heterocycles. The van der Waals surface area contributed by atoms with Gasteiger partial charge in [-0.15, -0.1) is 0 Å². The second kappa shape index (κ2) is 15.5. The van der Waals surface area contributed by atoms with Gasteiger partial charge in [-0.2, -0.15) is 0 Å². The number of ether oxygens (including phenoxy) is 4. The number of hydrogen-bond acceptors (Lipinski definition) is 7. The summed E-state index contributed by atoms with van der Waals surface area (Å²) < 4.78 is 25.9. The van der Waals surface area contributed by atoms with E-state index >= 15 is 0 Å². The quantitative estimate of drug-likeness (QED) is 0.189. The van der Waals surface area contributed by atoms with E-state index in [0.29, 0.717) is 32.7 Å². The second-order valence-electron chi connectivity index (χ2n) is 15.3. The predicted molar refractivity (Wildman–Crippen MR) is 196 cm³/mol. The molecule has 0 unspecified atom stereocenters. The van der Waals surface area contributed by atoms with Gasteiger partial charge in [0.25, 0.3) is 0 Å². The zero-order valence-electron chi connectivity index (χ0n) is 30.8. The van der Waals surface area contributed by atoms with Crippen molar-refractivity contribution in [2.75, 3.05) is 19.8 Å². The van der Waals surface area contributed by atoms with E-state index in [1.807, 2.05) is 110 Å². The van der Waals surface area contributed by atoms with Crippen molar-refractivity contribution >= 4 is 31.6 Å². The fourth-order valence-corrected chi connectivity index (χ4v) is 9.54. The Labute approximate surface area is 304 Å². The van der Waals surface area contributed by atoms with Crippen LogP contribution in [0.25, 0.3) is 0 Å². The second-order valence-corrected chi connectivity index (χ2v) is 17.8. The van der Waals surface area contributed by atoms with Crippen LogP contribution in [0.4, 0.5) is 9.59 Å². The SMILES string of the molecule is CC1(C)COC(C)(C)N1C(=O)OCC[C@@H]([C@@H](OC(=O)N1C(C)(C)COC1(C)C)[Se]c1ccccc1)N(Cc1ccccc1)Cc1ccccc1. The molecule has 50 heavy (non-hydrogen) atoms. The van der Waals surface area contributed by atoms with Crippen LogP contribution in [0.2, 0.25) is 0 Å². The maximum atomic E-state index is 14.3. The average molecular weight is 751 g/mol. The summed E-state index contributed by atoms with van der Waals surface area (Å²) in [6.45, 7) is 17.7. The molecule has 2 atom stereocenters. The molecule has 0 bridgehead atoms. The summed E-state index contributed by atoms with van der Waals surface area (Å²) >= 11 is -0.293. The fraction of sp³-hybridized carbons (Fsp3) is 0.500. The van der Waals surface area contributed by atoms with Crippen LogP contribution >= 0.6 is 0 Å². The van der Waals surface area contributed by atoms with Gasteiger partial charge in [-0.25, -0.2) is 0 Å². The van der Waals surface area contributed by atoms with Crippen molar-refractivity contribution in [1.29, 1.82) is 0 Å². The van der Waals surface area contributed by atoms with Gasteiger partial charge in [-0.3, -0.25) is 0 Å². The van der Waals surface area contributed by atoms with Crippen LogP contribution in [0.3, 0.4) is 0 Å². The fourth-order valence-electron chi connectivity index (χ4n) is 7.07. The summed E-state index contributed by atoms with van der Waals surface area (Å²) in [4.78, 5) is 33.8. The Bertz CT molecular complexity index is 1490. The minimum atomic E-state index is -0.832. The van der Waals surface area contributed by atoms with Gasteiger partial charge in [0.05, 0.1) is 0 Å². The van der Waals surface area contributed by atoms with Crippen molar-refractivity contribution in [3.05, 3.63) is 102 Å². The summed E-state index contributed by atoms with van der Waals surface area (Å²) in [6, 6.07) is 30.5. The topological polar surface area (TPSA) is 80.8 Å². The predicted octanol–water partition coefficient (Wildman–Crippen LogP) is 6.77. The number of carbonyl (C=O) groups excluding carboxylic acids is 2. The van der Waals surface area contributed by atoms with Crippen LogP contribution in [-0.2, 0) is 32.0 Å². The first kappa shape index (κ1) is 37.8. The summed E-state index contributed by atoms with van der Waals surface area (Å²) in [6.07, 6.45) is -0.398. The Morgan fingerprint density at radius 3 is 1.58 bits per heavy atom. The standard InChI is InChI=1S/C40H53N3O6Se/c1-37(2)28-47-39(5,6)42(37)35(44)46-25-24-33(41(26-30-18-12-9-13-19-30)27-31-20-14-10-15-21-31)34(50-32-22-16-11-17-23-32)49-36(45)43-38(3,4)29-48-40(43,7)8/h9-23,33-34H,24-29H2,1-8H3/t33-,34-/m0/s1. The Morgan fingerprint density at radius 1 is 0.700 bits per heavy atom. The van der Waals surface area contributed by atoms with Crippen LogP contribution in [-0.4, -0.2) is 95.2 Å².